The lowest BCUT2D eigenvalue weighted by molar-refractivity contribution is -0.137. The van der Waals surface area contributed by atoms with Crippen LogP contribution in [-0.4, -0.2) is 18.0 Å². The normalized spacial score (nSPS) is 14.2. The van der Waals surface area contributed by atoms with E-state index in [1.165, 1.54) is 6.07 Å². The summed E-state index contributed by atoms with van der Waals surface area (Å²) in [7, 11) is 2.01. The number of halogens is 3. The van der Waals surface area contributed by atoms with Gasteiger partial charge in [-0.3, -0.25) is 0 Å². The van der Waals surface area contributed by atoms with Crippen molar-refractivity contribution >= 4 is 5.57 Å². The molecule has 1 aromatic rings. The smallest absolute Gasteiger partial charge is 0.375 e. The van der Waals surface area contributed by atoms with Crippen LogP contribution in [-0.2, 0) is 6.18 Å². The Morgan fingerprint density at radius 1 is 1.12 bits per heavy atom. The topological polar surface area (TPSA) is 3.24 Å². The Morgan fingerprint density at radius 2 is 1.71 bits per heavy atom. The van der Waals surface area contributed by atoms with E-state index in [1.54, 1.807) is 6.07 Å². The van der Waals surface area contributed by atoms with Crippen molar-refractivity contribution in [1.82, 2.24) is 4.90 Å². The standard InChI is InChI=1S/C20H28F3N/c1-13(2)16(6)19(24(7)14(3)4)11-15(5)17-9-8-10-18(12-17)20(21,22)23/h8-14,16H,5H2,1-4,6-7H3/b19-11-/t16-/m1/s1. The second-order valence-electron chi connectivity index (χ2n) is 6.91. The maximum Gasteiger partial charge on any atom is 0.416 e. The van der Waals surface area contributed by atoms with Crippen molar-refractivity contribution in [2.75, 3.05) is 7.05 Å². The minimum absolute atomic E-state index is 0.278. The van der Waals surface area contributed by atoms with Crippen molar-refractivity contribution in [3.05, 3.63) is 53.7 Å². The molecule has 0 aliphatic rings. The highest BCUT2D eigenvalue weighted by molar-refractivity contribution is 5.73. The quantitative estimate of drug-likeness (QED) is 0.555. The fourth-order valence-corrected chi connectivity index (χ4v) is 2.35. The van der Waals surface area contributed by atoms with Gasteiger partial charge >= 0.3 is 6.18 Å². The van der Waals surface area contributed by atoms with Gasteiger partial charge in [0, 0.05) is 18.8 Å². The van der Waals surface area contributed by atoms with Gasteiger partial charge in [-0.15, -0.1) is 0 Å². The van der Waals surface area contributed by atoms with Crippen molar-refractivity contribution in [3.63, 3.8) is 0 Å². The van der Waals surface area contributed by atoms with Crippen LogP contribution in [0.25, 0.3) is 5.57 Å². The van der Waals surface area contributed by atoms with Crippen molar-refractivity contribution in [3.8, 4) is 0 Å². The van der Waals surface area contributed by atoms with Crippen molar-refractivity contribution in [2.24, 2.45) is 11.8 Å². The zero-order valence-electron chi connectivity index (χ0n) is 15.4. The number of hydrogen-bond acceptors (Lipinski definition) is 1. The first kappa shape index (κ1) is 20.3. The van der Waals surface area contributed by atoms with Gasteiger partial charge in [0.1, 0.15) is 0 Å². The van der Waals surface area contributed by atoms with E-state index in [0.29, 0.717) is 23.1 Å². The average molecular weight is 339 g/mol. The molecule has 0 bridgehead atoms. The molecule has 0 unspecified atom stereocenters. The fourth-order valence-electron chi connectivity index (χ4n) is 2.35. The van der Waals surface area contributed by atoms with E-state index in [1.807, 2.05) is 13.1 Å². The highest BCUT2D eigenvalue weighted by Gasteiger charge is 2.30. The van der Waals surface area contributed by atoms with E-state index in [-0.39, 0.29) is 5.92 Å². The van der Waals surface area contributed by atoms with Gasteiger partial charge in [0.25, 0.3) is 0 Å². The van der Waals surface area contributed by atoms with Gasteiger partial charge < -0.3 is 4.90 Å². The zero-order valence-corrected chi connectivity index (χ0v) is 15.4. The lowest BCUT2D eigenvalue weighted by Crippen LogP contribution is -2.30. The van der Waals surface area contributed by atoms with Gasteiger partial charge in [-0.05, 0) is 55.0 Å². The number of nitrogens with zero attached hydrogens (tertiary/aromatic N) is 1. The maximum atomic E-state index is 12.9. The van der Waals surface area contributed by atoms with Crippen LogP contribution in [0.1, 0.15) is 45.7 Å². The Bertz CT molecular complexity index is 581. The molecule has 0 amide bonds. The molecule has 0 heterocycles. The summed E-state index contributed by atoms with van der Waals surface area (Å²) in [4.78, 5) is 2.16. The molecule has 0 aliphatic heterocycles. The highest BCUT2D eigenvalue weighted by atomic mass is 19.4. The molecule has 1 nitrogen and oxygen atoms in total. The fraction of sp³-hybridized carbons (Fsp3) is 0.500. The summed E-state index contributed by atoms with van der Waals surface area (Å²) in [6.45, 7) is 14.6. The summed E-state index contributed by atoms with van der Waals surface area (Å²) in [6, 6.07) is 5.63. The Balaban J connectivity index is 3.25. The largest absolute Gasteiger partial charge is 0.416 e. The number of rotatable bonds is 6. The summed E-state index contributed by atoms with van der Waals surface area (Å²) < 4.78 is 38.7. The van der Waals surface area contributed by atoms with Gasteiger partial charge in [-0.25, -0.2) is 0 Å². The Hall–Kier alpha value is -1.71. The summed E-state index contributed by atoms with van der Waals surface area (Å²) in [5, 5.41) is 0. The van der Waals surface area contributed by atoms with Gasteiger partial charge in [0.2, 0.25) is 0 Å². The van der Waals surface area contributed by atoms with Gasteiger partial charge in [0.15, 0.2) is 0 Å². The predicted octanol–water partition coefficient (Wildman–Crippen LogP) is 6.23. The lowest BCUT2D eigenvalue weighted by Gasteiger charge is -2.33. The molecule has 0 N–H and O–H groups in total. The van der Waals surface area contributed by atoms with E-state index in [2.05, 4.69) is 46.1 Å². The van der Waals surface area contributed by atoms with Crippen molar-refractivity contribution in [1.29, 1.82) is 0 Å². The molecule has 0 aromatic heterocycles. The number of hydrogen-bond donors (Lipinski definition) is 0. The van der Waals surface area contributed by atoms with Crippen LogP contribution in [0.4, 0.5) is 13.2 Å². The van der Waals surface area contributed by atoms with Crippen LogP contribution in [0.3, 0.4) is 0 Å². The van der Waals surface area contributed by atoms with Crippen LogP contribution < -0.4 is 0 Å². The molecule has 0 fully saturated rings. The molecule has 24 heavy (non-hydrogen) atoms. The molecular formula is C20H28F3N. The van der Waals surface area contributed by atoms with Crippen LogP contribution in [0.5, 0.6) is 0 Å². The minimum atomic E-state index is -4.34. The monoisotopic (exact) mass is 339 g/mol. The Morgan fingerprint density at radius 3 is 2.17 bits per heavy atom. The third-order valence-electron chi connectivity index (χ3n) is 4.53. The molecular weight excluding hydrogens is 311 g/mol. The third kappa shape index (κ3) is 5.15. The van der Waals surface area contributed by atoms with E-state index in [9.17, 15) is 13.2 Å². The number of allylic oxidation sites excluding steroid dienone is 3. The molecule has 0 aliphatic carbocycles. The molecule has 1 atom stereocenters. The molecule has 0 saturated carbocycles. The number of benzene rings is 1. The second kappa shape index (κ2) is 7.91. The molecule has 1 aromatic carbocycles. The van der Waals surface area contributed by atoms with E-state index in [4.69, 9.17) is 0 Å². The Kier molecular flexibility index (Phi) is 6.70. The van der Waals surface area contributed by atoms with Crippen LogP contribution in [0.15, 0.2) is 42.6 Å². The average Bonchev–Trinajstić information content (AvgIpc) is 2.50. The third-order valence-corrected chi connectivity index (χ3v) is 4.53. The van der Waals surface area contributed by atoms with Gasteiger partial charge in [0.05, 0.1) is 5.56 Å². The second-order valence-corrected chi connectivity index (χ2v) is 6.91. The zero-order chi connectivity index (χ0) is 18.7. The molecule has 134 valence electrons. The summed E-state index contributed by atoms with van der Waals surface area (Å²) in [5.41, 5.74) is 1.53. The maximum absolute atomic E-state index is 12.9. The summed E-state index contributed by atoms with van der Waals surface area (Å²) in [5.74, 6) is 0.701. The van der Waals surface area contributed by atoms with Crippen LogP contribution >= 0.6 is 0 Å². The number of alkyl halides is 3. The predicted molar refractivity (Wildman–Crippen MR) is 95.5 cm³/mol. The first-order chi connectivity index (χ1) is 10.9. The van der Waals surface area contributed by atoms with Crippen LogP contribution in [0, 0.1) is 11.8 Å². The van der Waals surface area contributed by atoms with Crippen molar-refractivity contribution in [2.45, 2.75) is 46.8 Å². The first-order valence-corrected chi connectivity index (χ1v) is 8.26. The van der Waals surface area contributed by atoms with Gasteiger partial charge in [-0.1, -0.05) is 39.5 Å². The highest BCUT2D eigenvalue weighted by Crippen LogP contribution is 2.32. The Labute approximate surface area is 143 Å². The van der Waals surface area contributed by atoms with Gasteiger partial charge in [-0.2, -0.15) is 13.2 Å². The molecule has 0 spiro atoms. The first-order valence-electron chi connectivity index (χ1n) is 8.26. The van der Waals surface area contributed by atoms with E-state index >= 15 is 0 Å². The minimum Gasteiger partial charge on any atom is -0.375 e. The molecule has 1 rings (SSSR count). The summed E-state index contributed by atoms with van der Waals surface area (Å²) >= 11 is 0. The lowest BCUT2D eigenvalue weighted by atomic mass is 9.91. The molecule has 0 saturated heterocycles. The molecule has 0 radical (unpaired) electrons. The van der Waals surface area contributed by atoms with E-state index in [0.717, 1.165) is 17.8 Å². The van der Waals surface area contributed by atoms with Crippen LogP contribution in [0.2, 0.25) is 0 Å². The molecule has 4 heteroatoms. The summed E-state index contributed by atoms with van der Waals surface area (Å²) in [6.07, 6.45) is -2.43. The van der Waals surface area contributed by atoms with E-state index < -0.39 is 11.7 Å². The van der Waals surface area contributed by atoms with Crippen molar-refractivity contribution < 1.29 is 13.2 Å². The SMILES string of the molecule is C=C(/C=C(/[C@H](C)C(C)C)N(C)C(C)C)c1cccc(C(F)(F)F)c1.